The quantitative estimate of drug-likeness (QED) is 0.761. The first-order valence-corrected chi connectivity index (χ1v) is 4.55. The van der Waals surface area contributed by atoms with Crippen LogP contribution in [0.2, 0.25) is 0 Å². The zero-order chi connectivity index (χ0) is 11.4. The van der Waals surface area contributed by atoms with Crippen molar-refractivity contribution < 1.29 is 9.90 Å². The van der Waals surface area contributed by atoms with Gasteiger partial charge >= 0.3 is 0 Å². The molecule has 0 aliphatic rings. The van der Waals surface area contributed by atoms with Crippen LogP contribution in [-0.4, -0.2) is 34.5 Å². The fraction of sp³-hybridized carbons (Fsp3) is 0.273. The van der Waals surface area contributed by atoms with Crippen LogP contribution in [0.4, 0.5) is 0 Å². The minimum Gasteiger partial charge on any atom is -0.505 e. The van der Waals surface area contributed by atoms with Gasteiger partial charge in [-0.05, 0) is 13.0 Å². The van der Waals surface area contributed by atoms with E-state index in [-0.39, 0.29) is 17.2 Å². The monoisotopic (exact) mass is 206 g/mol. The van der Waals surface area contributed by atoms with Gasteiger partial charge in [0.25, 0.3) is 5.91 Å². The molecule has 0 saturated carbocycles. The highest BCUT2D eigenvalue weighted by Crippen LogP contribution is 2.15. The molecule has 1 amide bonds. The van der Waals surface area contributed by atoms with Crippen LogP contribution >= 0.6 is 0 Å². The second kappa shape index (κ2) is 4.59. The largest absolute Gasteiger partial charge is 0.505 e. The SMILES string of the molecule is C=C(C)CN(C)C(=O)c1ccncc1O. The Morgan fingerprint density at radius 1 is 1.67 bits per heavy atom. The Kier molecular flexibility index (Phi) is 3.44. The standard InChI is InChI=1S/C11H14N2O2/c1-8(2)7-13(3)11(15)9-4-5-12-6-10(9)14/h4-6,14H,1,7H2,2-3H3. The van der Waals surface area contributed by atoms with Crippen LogP contribution in [0, 0.1) is 0 Å². The van der Waals surface area contributed by atoms with E-state index in [4.69, 9.17) is 0 Å². The highest BCUT2D eigenvalue weighted by Gasteiger charge is 2.14. The van der Waals surface area contributed by atoms with Gasteiger partial charge in [-0.15, -0.1) is 0 Å². The van der Waals surface area contributed by atoms with E-state index in [1.54, 1.807) is 7.05 Å². The van der Waals surface area contributed by atoms with Gasteiger partial charge in [0.05, 0.1) is 11.8 Å². The Hall–Kier alpha value is -1.84. The Bertz CT molecular complexity index is 388. The summed E-state index contributed by atoms with van der Waals surface area (Å²) in [7, 11) is 1.66. The number of rotatable bonds is 3. The van der Waals surface area contributed by atoms with Crippen molar-refractivity contribution in [2.75, 3.05) is 13.6 Å². The average molecular weight is 206 g/mol. The predicted octanol–water partition coefficient (Wildman–Crippen LogP) is 1.44. The number of hydrogen-bond acceptors (Lipinski definition) is 3. The molecule has 0 atom stereocenters. The van der Waals surface area contributed by atoms with Gasteiger partial charge in [-0.25, -0.2) is 0 Å². The van der Waals surface area contributed by atoms with E-state index < -0.39 is 0 Å². The van der Waals surface area contributed by atoms with Gasteiger partial charge in [0.15, 0.2) is 0 Å². The molecule has 0 radical (unpaired) electrons. The molecule has 0 aliphatic carbocycles. The molecule has 0 aliphatic heterocycles. The summed E-state index contributed by atoms with van der Waals surface area (Å²) in [5.41, 5.74) is 1.15. The maximum absolute atomic E-state index is 11.8. The van der Waals surface area contributed by atoms with E-state index in [0.29, 0.717) is 6.54 Å². The van der Waals surface area contributed by atoms with Crippen LogP contribution in [0.15, 0.2) is 30.6 Å². The van der Waals surface area contributed by atoms with E-state index in [1.807, 2.05) is 6.92 Å². The third kappa shape index (κ3) is 2.80. The number of aromatic hydroxyl groups is 1. The second-order valence-corrected chi connectivity index (χ2v) is 3.51. The second-order valence-electron chi connectivity index (χ2n) is 3.51. The van der Waals surface area contributed by atoms with E-state index in [1.165, 1.54) is 23.4 Å². The van der Waals surface area contributed by atoms with Gasteiger partial charge in [-0.2, -0.15) is 0 Å². The Balaban J connectivity index is 2.85. The van der Waals surface area contributed by atoms with Crippen LogP contribution in [0.5, 0.6) is 5.75 Å². The molecular formula is C11H14N2O2. The van der Waals surface area contributed by atoms with Gasteiger partial charge in [0.2, 0.25) is 0 Å². The normalized spacial score (nSPS) is 9.73. The number of likely N-dealkylation sites (N-methyl/N-ethyl adjacent to an activating group) is 1. The third-order valence-corrected chi connectivity index (χ3v) is 1.88. The predicted molar refractivity (Wildman–Crippen MR) is 57.7 cm³/mol. The number of carbonyl (C=O) groups excluding carboxylic acids is 1. The van der Waals surface area contributed by atoms with Crippen molar-refractivity contribution in [3.8, 4) is 5.75 Å². The van der Waals surface area contributed by atoms with Gasteiger partial charge in [0, 0.05) is 19.8 Å². The number of nitrogens with zero attached hydrogens (tertiary/aromatic N) is 2. The van der Waals surface area contributed by atoms with E-state index in [9.17, 15) is 9.90 Å². The molecule has 0 aromatic carbocycles. The van der Waals surface area contributed by atoms with Gasteiger partial charge in [0.1, 0.15) is 5.75 Å². The summed E-state index contributed by atoms with van der Waals surface area (Å²) in [6, 6.07) is 1.49. The van der Waals surface area contributed by atoms with Crippen molar-refractivity contribution in [3.05, 3.63) is 36.2 Å². The zero-order valence-electron chi connectivity index (χ0n) is 8.90. The first-order chi connectivity index (χ1) is 7.02. The molecule has 1 aromatic heterocycles. The van der Waals surface area contributed by atoms with Crippen molar-refractivity contribution >= 4 is 5.91 Å². The van der Waals surface area contributed by atoms with Gasteiger partial charge in [-0.3, -0.25) is 9.78 Å². The lowest BCUT2D eigenvalue weighted by atomic mass is 10.2. The lowest BCUT2D eigenvalue weighted by molar-refractivity contribution is 0.0804. The van der Waals surface area contributed by atoms with Gasteiger partial charge in [-0.1, -0.05) is 12.2 Å². The highest BCUT2D eigenvalue weighted by atomic mass is 16.3. The first kappa shape index (κ1) is 11.2. The molecule has 0 spiro atoms. The number of carbonyl (C=O) groups is 1. The maximum atomic E-state index is 11.8. The zero-order valence-corrected chi connectivity index (χ0v) is 8.90. The molecule has 0 fully saturated rings. The van der Waals surface area contributed by atoms with E-state index in [0.717, 1.165) is 5.57 Å². The summed E-state index contributed by atoms with van der Waals surface area (Å²) in [5, 5.41) is 9.43. The van der Waals surface area contributed by atoms with Crippen molar-refractivity contribution in [1.29, 1.82) is 0 Å². The van der Waals surface area contributed by atoms with Crippen LogP contribution in [0.1, 0.15) is 17.3 Å². The van der Waals surface area contributed by atoms with Crippen molar-refractivity contribution in [3.63, 3.8) is 0 Å². The highest BCUT2D eigenvalue weighted by molar-refractivity contribution is 5.96. The molecule has 0 unspecified atom stereocenters. The lowest BCUT2D eigenvalue weighted by Crippen LogP contribution is -2.28. The smallest absolute Gasteiger partial charge is 0.257 e. The molecule has 15 heavy (non-hydrogen) atoms. The summed E-state index contributed by atoms with van der Waals surface area (Å²) < 4.78 is 0. The van der Waals surface area contributed by atoms with Crippen molar-refractivity contribution in [2.24, 2.45) is 0 Å². The molecule has 1 N–H and O–H groups in total. The molecule has 0 bridgehead atoms. The summed E-state index contributed by atoms with van der Waals surface area (Å²) in [5.74, 6) is -0.339. The van der Waals surface area contributed by atoms with Crippen LogP contribution in [0.3, 0.4) is 0 Å². The average Bonchev–Trinajstić information content (AvgIpc) is 2.16. The van der Waals surface area contributed by atoms with Gasteiger partial charge < -0.3 is 10.0 Å². The first-order valence-electron chi connectivity index (χ1n) is 4.55. The molecule has 1 aromatic rings. The molecule has 1 heterocycles. The summed E-state index contributed by atoms with van der Waals surface area (Å²) >= 11 is 0. The Morgan fingerprint density at radius 2 is 2.33 bits per heavy atom. The number of aromatic nitrogens is 1. The fourth-order valence-corrected chi connectivity index (χ4v) is 1.25. The Labute approximate surface area is 88.9 Å². The fourth-order valence-electron chi connectivity index (χ4n) is 1.25. The Morgan fingerprint density at radius 3 is 2.87 bits per heavy atom. The molecule has 4 nitrogen and oxygen atoms in total. The van der Waals surface area contributed by atoms with Crippen molar-refractivity contribution in [2.45, 2.75) is 6.92 Å². The number of amides is 1. The van der Waals surface area contributed by atoms with Crippen LogP contribution < -0.4 is 0 Å². The van der Waals surface area contributed by atoms with Crippen molar-refractivity contribution in [1.82, 2.24) is 9.88 Å². The minimum absolute atomic E-state index is 0.101. The lowest BCUT2D eigenvalue weighted by Gasteiger charge is -2.17. The minimum atomic E-state index is -0.238. The maximum Gasteiger partial charge on any atom is 0.257 e. The molecule has 1 rings (SSSR count). The van der Waals surface area contributed by atoms with Crippen LogP contribution in [0.25, 0.3) is 0 Å². The summed E-state index contributed by atoms with van der Waals surface area (Å²) in [4.78, 5) is 17.0. The molecule has 4 heteroatoms. The van der Waals surface area contributed by atoms with Crippen LogP contribution in [-0.2, 0) is 0 Å². The van der Waals surface area contributed by atoms with E-state index in [2.05, 4.69) is 11.6 Å². The molecule has 0 saturated heterocycles. The molecular weight excluding hydrogens is 192 g/mol. The summed E-state index contributed by atoms with van der Waals surface area (Å²) in [6.45, 7) is 6.04. The summed E-state index contributed by atoms with van der Waals surface area (Å²) in [6.07, 6.45) is 2.73. The third-order valence-electron chi connectivity index (χ3n) is 1.88. The number of hydrogen-bond donors (Lipinski definition) is 1. The topological polar surface area (TPSA) is 53.4 Å². The number of pyridine rings is 1. The molecule has 80 valence electrons. The van der Waals surface area contributed by atoms with E-state index >= 15 is 0 Å².